The molecular formula is C23H25N3O2. The van der Waals surface area contributed by atoms with Gasteiger partial charge in [0, 0.05) is 45.0 Å². The first-order chi connectivity index (χ1) is 13.7. The summed E-state index contributed by atoms with van der Waals surface area (Å²) in [4.78, 5) is 31.1. The number of rotatable bonds is 3. The van der Waals surface area contributed by atoms with Gasteiger partial charge in [0.1, 0.15) is 0 Å². The van der Waals surface area contributed by atoms with Gasteiger partial charge in [-0.25, -0.2) is 0 Å². The second-order valence-electron chi connectivity index (χ2n) is 7.24. The zero-order valence-electron chi connectivity index (χ0n) is 16.0. The molecule has 4 rings (SSSR count). The Labute approximate surface area is 165 Å². The van der Waals surface area contributed by atoms with Crippen LogP contribution >= 0.6 is 0 Å². The summed E-state index contributed by atoms with van der Waals surface area (Å²) in [5.74, 6) is -0.779. The molecule has 2 amide bonds. The van der Waals surface area contributed by atoms with E-state index >= 15 is 0 Å². The van der Waals surface area contributed by atoms with Crippen LogP contribution < -0.4 is 4.90 Å². The molecule has 2 heterocycles. The normalized spacial score (nSPS) is 17.1. The highest BCUT2D eigenvalue weighted by Crippen LogP contribution is 2.27. The Kier molecular flexibility index (Phi) is 5.53. The van der Waals surface area contributed by atoms with E-state index in [0.29, 0.717) is 19.6 Å². The number of para-hydroxylation sites is 1. The zero-order valence-corrected chi connectivity index (χ0v) is 16.0. The van der Waals surface area contributed by atoms with E-state index in [4.69, 9.17) is 0 Å². The lowest BCUT2D eigenvalue weighted by Crippen LogP contribution is -2.53. The van der Waals surface area contributed by atoms with Crippen LogP contribution in [0.3, 0.4) is 0 Å². The van der Waals surface area contributed by atoms with Gasteiger partial charge in [0.2, 0.25) is 0 Å². The molecule has 144 valence electrons. The third-order valence-corrected chi connectivity index (χ3v) is 5.45. The minimum atomic E-state index is -0.401. The maximum absolute atomic E-state index is 12.7. The average molecular weight is 375 g/mol. The molecule has 1 saturated heterocycles. The molecule has 0 bridgehead atoms. The van der Waals surface area contributed by atoms with E-state index in [9.17, 15) is 9.59 Å². The predicted molar refractivity (Wildman–Crippen MR) is 111 cm³/mol. The van der Waals surface area contributed by atoms with Crippen LogP contribution in [-0.4, -0.2) is 60.9 Å². The number of amides is 2. The Bertz CT molecular complexity index is 870. The molecule has 0 aromatic heterocycles. The molecule has 2 aliphatic heterocycles. The predicted octanol–water partition coefficient (Wildman–Crippen LogP) is 2.43. The van der Waals surface area contributed by atoms with Crippen molar-refractivity contribution in [2.75, 3.05) is 44.2 Å². The van der Waals surface area contributed by atoms with E-state index in [0.717, 1.165) is 37.3 Å². The minimum absolute atomic E-state index is 0.379. The summed E-state index contributed by atoms with van der Waals surface area (Å²) in [5.41, 5.74) is 3.21. The van der Waals surface area contributed by atoms with Crippen LogP contribution in [0.2, 0.25) is 0 Å². The fraction of sp³-hybridized carbons (Fsp3) is 0.304. The third kappa shape index (κ3) is 3.99. The summed E-state index contributed by atoms with van der Waals surface area (Å²) in [5, 5.41) is 0. The highest BCUT2D eigenvalue weighted by atomic mass is 16.2. The molecule has 0 atom stereocenters. The Hall–Kier alpha value is -2.92. The van der Waals surface area contributed by atoms with Crippen molar-refractivity contribution in [3.8, 4) is 0 Å². The summed E-state index contributed by atoms with van der Waals surface area (Å²) < 4.78 is 0. The van der Waals surface area contributed by atoms with Gasteiger partial charge in [0.25, 0.3) is 0 Å². The monoisotopic (exact) mass is 375 g/mol. The van der Waals surface area contributed by atoms with Crippen molar-refractivity contribution in [2.24, 2.45) is 0 Å². The van der Waals surface area contributed by atoms with Crippen molar-refractivity contribution in [3.63, 3.8) is 0 Å². The SMILES string of the molecule is O=C(C(=O)N1CCc2ccccc21)N1CCN(C/C=C/c2ccccc2)CC1. The van der Waals surface area contributed by atoms with Gasteiger partial charge in [0.05, 0.1) is 0 Å². The first-order valence-electron chi connectivity index (χ1n) is 9.85. The largest absolute Gasteiger partial charge is 0.332 e. The highest BCUT2D eigenvalue weighted by Gasteiger charge is 2.33. The number of nitrogens with zero attached hydrogens (tertiary/aromatic N) is 3. The smallest absolute Gasteiger partial charge is 0.316 e. The molecule has 2 aromatic rings. The molecule has 5 heteroatoms. The quantitative estimate of drug-likeness (QED) is 0.774. The number of piperazine rings is 1. The second kappa shape index (κ2) is 8.40. The maximum Gasteiger partial charge on any atom is 0.316 e. The number of hydrogen-bond donors (Lipinski definition) is 0. The summed E-state index contributed by atoms with van der Waals surface area (Å²) in [6.07, 6.45) is 5.09. The summed E-state index contributed by atoms with van der Waals surface area (Å²) in [7, 11) is 0. The molecule has 0 N–H and O–H groups in total. The molecular weight excluding hydrogens is 350 g/mol. The van der Waals surface area contributed by atoms with Crippen LogP contribution in [0, 0.1) is 0 Å². The van der Waals surface area contributed by atoms with Crippen LogP contribution in [0.5, 0.6) is 0 Å². The van der Waals surface area contributed by atoms with Crippen molar-refractivity contribution in [1.29, 1.82) is 0 Å². The molecule has 5 nitrogen and oxygen atoms in total. The first-order valence-corrected chi connectivity index (χ1v) is 9.85. The van der Waals surface area contributed by atoms with Crippen molar-refractivity contribution in [1.82, 2.24) is 9.80 Å². The molecule has 28 heavy (non-hydrogen) atoms. The van der Waals surface area contributed by atoms with Crippen molar-refractivity contribution < 1.29 is 9.59 Å². The van der Waals surface area contributed by atoms with Crippen LogP contribution in [0.25, 0.3) is 6.08 Å². The molecule has 2 aliphatic rings. The fourth-order valence-corrected chi connectivity index (χ4v) is 3.84. The lowest BCUT2D eigenvalue weighted by atomic mass is 10.2. The van der Waals surface area contributed by atoms with Crippen LogP contribution in [0.4, 0.5) is 5.69 Å². The van der Waals surface area contributed by atoms with Gasteiger partial charge in [-0.15, -0.1) is 0 Å². The Balaban J connectivity index is 1.28. The van der Waals surface area contributed by atoms with Gasteiger partial charge in [-0.05, 0) is 23.6 Å². The van der Waals surface area contributed by atoms with E-state index in [1.54, 1.807) is 9.80 Å². The van der Waals surface area contributed by atoms with Gasteiger partial charge < -0.3 is 9.80 Å². The van der Waals surface area contributed by atoms with Gasteiger partial charge >= 0.3 is 11.8 Å². The van der Waals surface area contributed by atoms with Crippen molar-refractivity contribution >= 4 is 23.6 Å². The van der Waals surface area contributed by atoms with Gasteiger partial charge in [-0.2, -0.15) is 0 Å². The van der Waals surface area contributed by atoms with E-state index in [-0.39, 0.29) is 5.91 Å². The van der Waals surface area contributed by atoms with Crippen LogP contribution in [0.15, 0.2) is 60.7 Å². The van der Waals surface area contributed by atoms with E-state index in [1.807, 2.05) is 42.5 Å². The molecule has 0 radical (unpaired) electrons. The summed E-state index contributed by atoms with van der Waals surface area (Å²) in [6, 6.07) is 18.1. The zero-order chi connectivity index (χ0) is 19.3. The molecule has 1 fully saturated rings. The van der Waals surface area contributed by atoms with E-state index in [2.05, 4.69) is 29.2 Å². The maximum atomic E-state index is 12.7. The van der Waals surface area contributed by atoms with Crippen LogP contribution in [0.1, 0.15) is 11.1 Å². The number of fused-ring (bicyclic) bond motifs is 1. The minimum Gasteiger partial charge on any atom is -0.332 e. The number of anilines is 1. The third-order valence-electron chi connectivity index (χ3n) is 5.45. The summed E-state index contributed by atoms with van der Waals surface area (Å²) >= 11 is 0. The Morgan fingerprint density at radius 3 is 2.32 bits per heavy atom. The van der Waals surface area contributed by atoms with Gasteiger partial charge in [-0.3, -0.25) is 14.5 Å². The fourth-order valence-electron chi connectivity index (χ4n) is 3.84. The average Bonchev–Trinajstić information content (AvgIpc) is 3.18. The molecule has 0 saturated carbocycles. The van der Waals surface area contributed by atoms with Gasteiger partial charge in [-0.1, -0.05) is 60.7 Å². The topological polar surface area (TPSA) is 43.9 Å². The Morgan fingerprint density at radius 1 is 0.821 bits per heavy atom. The lowest BCUT2D eigenvalue weighted by molar-refractivity contribution is -0.145. The molecule has 0 aliphatic carbocycles. The van der Waals surface area contributed by atoms with Crippen molar-refractivity contribution in [3.05, 3.63) is 71.8 Å². The summed E-state index contributed by atoms with van der Waals surface area (Å²) in [6.45, 7) is 4.21. The number of hydrogen-bond acceptors (Lipinski definition) is 3. The lowest BCUT2D eigenvalue weighted by Gasteiger charge is -2.34. The standard InChI is InChI=1S/C23H25N3O2/c27-22(23(28)26-14-12-20-10-4-5-11-21(20)26)25-17-15-24(16-18-25)13-6-9-19-7-2-1-3-8-19/h1-11H,12-18H2/b9-6+. The number of benzene rings is 2. The molecule has 0 spiro atoms. The molecule has 0 unspecified atom stereocenters. The first kappa shape index (κ1) is 18.4. The van der Waals surface area contributed by atoms with Gasteiger partial charge in [0.15, 0.2) is 0 Å². The number of carbonyl (C=O) groups is 2. The Morgan fingerprint density at radius 2 is 1.54 bits per heavy atom. The van der Waals surface area contributed by atoms with E-state index in [1.165, 1.54) is 5.56 Å². The number of carbonyl (C=O) groups excluding carboxylic acids is 2. The van der Waals surface area contributed by atoms with Crippen molar-refractivity contribution in [2.45, 2.75) is 6.42 Å². The highest BCUT2D eigenvalue weighted by molar-refractivity contribution is 6.40. The van der Waals surface area contributed by atoms with Crippen LogP contribution in [-0.2, 0) is 16.0 Å². The second-order valence-corrected chi connectivity index (χ2v) is 7.24. The van der Waals surface area contributed by atoms with E-state index < -0.39 is 5.91 Å². The molecule has 2 aromatic carbocycles.